The third-order valence-corrected chi connectivity index (χ3v) is 3.79. The highest BCUT2D eigenvalue weighted by molar-refractivity contribution is 7.88. The summed E-state index contributed by atoms with van der Waals surface area (Å²) < 4.78 is 193. The summed E-state index contributed by atoms with van der Waals surface area (Å²) in [6, 6.07) is 0. The van der Waals surface area contributed by atoms with Crippen LogP contribution >= 0.6 is 0 Å². The van der Waals surface area contributed by atoms with Crippen molar-refractivity contribution in [2.75, 3.05) is 0 Å². The second-order valence-corrected chi connectivity index (χ2v) is 6.02. The smallest absolute Gasteiger partial charge is 0.371 e. The molecule has 0 unspecified atom stereocenters. The SMILES string of the molecule is O=S(=O)(Oc1c(F)c(F)c(F)c(F)c1F)C(F)(F)C(F)(F)OC(F)(F)C(F)F. The molecule has 0 aliphatic rings. The van der Waals surface area contributed by atoms with Crippen molar-refractivity contribution in [1.82, 2.24) is 0 Å². The average molecular weight is 464 g/mol. The van der Waals surface area contributed by atoms with Gasteiger partial charge in [0.05, 0.1) is 0 Å². The van der Waals surface area contributed by atoms with Crippen LogP contribution in [0.15, 0.2) is 0 Å². The van der Waals surface area contributed by atoms with Crippen LogP contribution in [0, 0.1) is 29.1 Å². The molecule has 0 saturated carbocycles. The molecule has 162 valence electrons. The van der Waals surface area contributed by atoms with Gasteiger partial charge in [0, 0.05) is 0 Å². The summed E-state index contributed by atoms with van der Waals surface area (Å²) in [6.45, 7) is 0. The molecule has 0 amide bonds. The predicted molar refractivity (Wildman–Crippen MR) is 57.7 cm³/mol. The van der Waals surface area contributed by atoms with E-state index in [1.807, 2.05) is 0 Å². The van der Waals surface area contributed by atoms with Gasteiger partial charge < -0.3 is 4.18 Å². The molecule has 0 spiro atoms. The van der Waals surface area contributed by atoms with E-state index in [4.69, 9.17) is 0 Å². The van der Waals surface area contributed by atoms with Gasteiger partial charge in [-0.15, -0.1) is 0 Å². The van der Waals surface area contributed by atoms with E-state index in [1.165, 1.54) is 0 Å². The molecule has 0 bridgehead atoms. The van der Waals surface area contributed by atoms with Gasteiger partial charge >= 0.3 is 34.0 Å². The van der Waals surface area contributed by atoms with E-state index in [9.17, 15) is 65.5 Å². The lowest BCUT2D eigenvalue weighted by molar-refractivity contribution is -0.435. The second kappa shape index (κ2) is 7.12. The van der Waals surface area contributed by atoms with Crippen LogP contribution in [-0.4, -0.2) is 32.3 Å². The van der Waals surface area contributed by atoms with Crippen LogP contribution in [0.1, 0.15) is 0 Å². The van der Waals surface area contributed by atoms with Gasteiger partial charge in [-0.25, -0.2) is 26.7 Å². The Morgan fingerprint density at radius 3 is 1.43 bits per heavy atom. The van der Waals surface area contributed by atoms with Crippen molar-refractivity contribution in [3.8, 4) is 5.75 Å². The minimum atomic E-state index is -7.58. The second-order valence-electron chi connectivity index (χ2n) is 4.43. The summed E-state index contributed by atoms with van der Waals surface area (Å²) in [5.74, 6) is -18.3. The third-order valence-electron chi connectivity index (χ3n) is 2.53. The van der Waals surface area contributed by atoms with Crippen molar-refractivity contribution >= 4 is 10.1 Å². The summed E-state index contributed by atoms with van der Waals surface area (Å²) in [4.78, 5) is 0. The van der Waals surface area contributed by atoms with Gasteiger partial charge in [0.1, 0.15) is 0 Å². The molecule has 0 N–H and O–H groups in total. The number of rotatable bonds is 7. The van der Waals surface area contributed by atoms with Crippen LogP contribution in [0.4, 0.5) is 57.1 Å². The number of hydrogen-bond acceptors (Lipinski definition) is 4. The number of alkyl halides is 8. The fourth-order valence-corrected chi connectivity index (χ4v) is 2.04. The molecule has 28 heavy (non-hydrogen) atoms. The highest BCUT2D eigenvalue weighted by Crippen LogP contribution is 2.45. The lowest BCUT2D eigenvalue weighted by Crippen LogP contribution is -2.54. The van der Waals surface area contributed by atoms with Crippen molar-refractivity contribution in [2.45, 2.75) is 23.9 Å². The lowest BCUT2D eigenvalue weighted by Gasteiger charge is -2.28. The monoisotopic (exact) mass is 464 g/mol. The summed E-state index contributed by atoms with van der Waals surface area (Å²) in [6.07, 6.45) is -18.6. The topological polar surface area (TPSA) is 52.6 Å². The Bertz CT molecular complexity index is 838. The van der Waals surface area contributed by atoms with E-state index in [-0.39, 0.29) is 0 Å². The normalized spacial score (nSPS) is 13.9. The molecular weight excluding hydrogens is 463 g/mol. The fourth-order valence-electron chi connectivity index (χ4n) is 1.24. The standard InChI is InChI=1S/C10HF13O4S/c11-1-2(12)4(14)6(5(15)3(1)13)26-28(24,25)10(22,23)9(20,21)27-8(18,19)7(16)17/h7H. The summed E-state index contributed by atoms with van der Waals surface area (Å²) in [7, 11) is -7.58. The fraction of sp³-hybridized carbons (Fsp3) is 0.400. The van der Waals surface area contributed by atoms with Crippen LogP contribution in [-0.2, 0) is 14.9 Å². The first-order valence-corrected chi connectivity index (χ1v) is 7.28. The van der Waals surface area contributed by atoms with Gasteiger partial charge in [0.2, 0.25) is 34.8 Å². The molecule has 1 aromatic carbocycles. The van der Waals surface area contributed by atoms with Gasteiger partial charge in [-0.3, -0.25) is 0 Å². The third kappa shape index (κ3) is 3.91. The molecule has 1 aromatic rings. The molecule has 0 fully saturated rings. The highest BCUT2D eigenvalue weighted by Gasteiger charge is 2.73. The molecule has 0 aliphatic carbocycles. The van der Waals surface area contributed by atoms with Crippen molar-refractivity contribution in [3.63, 3.8) is 0 Å². The Hall–Kier alpha value is -1.98. The number of benzene rings is 1. The lowest BCUT2D eigenvalue weighted by atomic mass is 10.3. The van der Waals surface area contributed by atoms with E-state index in [0.717, 1.165) is 0 Å². The van der Waals surface area contributed by atoms with Crippen molar-refractivity contribution in [3.05, 3.63) is 29.1 Å². The van der Waals surface area contributed by atoms with Crippen molar-refractivity contribution < 1.29 is 74.4 Å². The molecule has 18 heteroatoms. The quantitative estimate of drug-likeness (QED) is 0.264. The van der Waals surface area contributed by atoms with Crippen LogP contribution in [0.5, 0.6) is 5.75 Å². The summed E-state index contributed by atoms with van der Waals surface area (Å²) >= 11 is 0. The minimum Gasteiger partial charge on any atom is -0.371 e. The van der Waals surface area contributed by atoms with Gasteiger partial charge in [0.15, 0.2) is 0 Å². The predicted octanol–water partition coefficient (Wildman–Crippen LogP) is 4.15. The van der Waals surface area contributed by atoms with E-state index in [1.54, 1.807) is 4.74 Å². The molecule has 0 heterocycles. The van der Waals surface area contributed by atoms with Gasteiger partial charge in [0.25, 0.3) is 0 Å². The number of hydrogen-bond donors (Lipinski definition) is 0. The van der Waals surface area contributed by atoms with Crippen molar-refractivity contribution in [1.29, 1.82) is 0 Å². The molecule has 0 saturated heterocycles. The Morgan fingerprint density at radius 2 is 1.07 bits per heavy atom. The molecule has 1 rings (SSSR count). The Balaban J connectivity index is 3.44. The largest absolute Gasteiger partial charge is 0.471 e. The zero-order valence-electron chi connectivity index (χ0n) is 12.0. The first-order chi connectivity index (χ1) is 12.3. The molecular formula is C10HF13O4S. The van der Waals surface area contributed by atoms with Gasteiger partial charge in [-0.2, -0.15) is 43.5 Å². The maximum atomic E-state index is 13.3. The highest BCUT2D eigenvalue weighted by atomic mass is 32.2. The van der Waals surface area contributed by atoms with Crippen LogP contribution in [0.2, 0.25) is 0 Å². The minimum absolute atomic E-state index is 1.78. The van der Waals surface area contributed by atoms with Gasteiger partial charge in [-0.1, -0.05) is 0 Å². The molecule has 0 aliphatic heterocycles. The Kier molecular flexibility index (Phi) is 6.12. The van der Waals surface area contributed by atoms with Crippen LogP contribution < -0.4 is 4.18 Å². The van der Waals surface area contributed by atoms with E-state index >= 15 is 0 Å². The Labute approximate surface area is 144 Å². The number of halogens is 13. The molecule has 0 atom stereocenters. The summed E-state index contributed by atoms with van der Waals surface area (Å²) in [5, 5.41) is -7.08. The van der Waals surface area contributed by atoms with Crippen LogP contribution in [0.3, 0.4) is 0 Å². The van der Waals surface area contributed by atoms with E-state index < -0.39 is 68.9 Å². The molecule has 4 nitrogen and oxygen atoms in total. The zero-order valence-corrected chi connectivity index (χ0v) is 12.8. The Morgan fingerprint density at radius 1 is 0.714 bits per heavy atom. The first kappa shape index (κ1) is 24.1. The maximum absolute atomic E-state index is 13.3. The van der Waals surface area contributed by atoms with E-state index in [2.05, 4.69) is 4.18 Å². The maximum Gasteiger partial charge on any atom is 0.471 e. The van der Waals surface area contributed by atoms with Crippen molar-refractivity contribution in [2.24, 2.45) is 0 Å². The first-order valence-electron chi connectivity index (χ1n) is 5.87. The van der Waals surface area contributed by atoms with Crippen LogP contribution in [0.25, 0.3) is 0 Å². The number of ether oxygens (including phenoxy) is 1. The van der Waals surface area contributed by atoms with Gasteiger partial charge in [-0.05, 0) is 0 Å². The summed E-state index contributed by atoms with van der Waals surface area (Å²) in [5.41, 5.74) is 0. The molecule has 0 radical (unpaired) electrons. The molecule has 0 aromatic heterocycles. The average Bonchev–Trinajstić information content (AvgIpc) is 2.53. The zero-order chi connectivity index (χ0) is 22.5. The van der Waals surface area contributed by atoms with E-state index in [0.29, 0.717) is 0 Å².